The number of benzene rings is 1. The van der Waals surface area contributed by atoms with E-state index in [1.807, 2.05) is 24.1 Å². The number of halogens is 2. The minimum Gasteiger partial charge on any atom is -0.296 e. The molecule has 118 valence electrons. The van der Waals surface area contributed by atoms with Crippen molar-refractivity contribution >= 4 is 21.6 Å². The third-order valence-electron chi connectivity index (χ3n) is 3.45. The van der Waals surface area contributed by atoms with Crippen LogP contribution in [0.25, 0.3) is 5.65 Å². The van der Waals surface area contributed by atoms with Crippen molar-refractivity contribution in [2.24, 2.45) is 0 Å². The van der Waals surface area contributed by atoms with Gasteiger partial charge in [0.15, 0.2) is 0 Å². The van der Waals surface area contributed by atoms with E-state index in [4.69, 9.17) is 0 Å². The lowest BCUT2D eigenvalue weighted by Gasteiger charge is -2.16. The van der Waals surface area contributed by atoms with Gasteiger partial charge in [0, 0.05) is 29.8 Å². The Hall–Kier alpha value is -2.05. The highest BCUT2D eigenvalue weighted by atomic mass is 79.9. The molecular weight excluding hydrogens is 361 g/mol. The van der Waals surface area contributed by atoms with Crippen LogP contribution < -0.4 is 5.56 Å². The average molecular weight is 376 g/mol. The Kier molecular flexibility index (Phi) is 4.54. The number of pyridine rings is 1. The Morgan fingerprint density at radius 3 is 2.83 bits per heavy atom. The molecule has 0 spiro atoms. The van der Waals surface area contributed by atoms with Crippen LogP contribution in [0.4, 0.5) is 4.39 Å². The van der Waals surface area contributed by atoms with Gasteiger partial charge in [-0.05, 0) is 52.8 Å². The number of rotatable bonds is 4. The largest absolute Gasteiger partial charge is 0.296 e. The Morgan fingerprint density at radius 1 is 1.22 bits per heavy atom. The van der Waals surface area contributed by atoms with Gasteiger partial charge in [0.2, 0.25) is 0 Å². The van der Waals surface area contributed by atoms with Crippen molar-refractivity contribution in [1.82, 2.24) is 14.3 Å². The summed E-state index contributed by atoms with van der Waals surface area (Å²) >= 11 is 3.34. The highest BCUT2D eigenvalue weighted by Crippen LogP contribution is 2.11. The van der Waals surface area contributed by atoms with E-state index in [0.717, 1.165) is 10.0 Å². The molecule has 1 aromatic carbocycles. The number of nitrogens with zero attached hydrogens (tertiary/aromatic N) is 3. The van der Waals surface area contributed by atoms with Crippen molar-refractivity contribution in [1.29, 1.82) is 0 Å². The van der Waals surface area contributed by atoms with Crippen molar-refractivity contribution in [2.75, 3.05) is 7.05 Å². The van der Waals surface area contributed by atoms with Gasteiger partial charge in [-0.15, -0.1) is 0 Å². The van der Waals surface area contributed by atoms with Gasteiger partial charge in [0.1, 0.15) is 11.5 Å². The van der Waals surface area contributed by atoms with Crippen LogP contribution in [0.15, 0.2) is 57.9 Å². The van der Waals surface area contributed by atoms with E-state index >= 15 is 0 Å². The molecule has 2 heterocycles. The lowest BCUT2D eigenvalue weighted by Crippen LogP contribution is -2.21. The van der Waals surface area contributed by atoms with Crippen LogP contribution in [-0.4, -0.2) is 21.3 Å². The van der Waals surface area contributed by atoms with Gasteiger partial charge in [-0.1, -0.05) is 12.1 Å². The number of hydrogen-bond acceptors (Lipinski definition) is 3. The predicted molar refractivity (Wildman–Crippen MR) is 90.7 cm³/mol. The lowest BCUT2D eigenvalue weighted by molar-refractivity contribution is 0.314. The molecule has 3 aromatic rings. The van der Waals surface area contributed by atoms with Gasteiger partial charge >= 0.3 is 0 Å². The zero-order valence-corrected chi connectivity index (χ0v) is 14.1. The Labute approximate surface area is 141 Å². The molecule has 0 aliphatic rings. The normalized spacial score (nSPS) is 11.3. The van der Waals surface area contributed by atoms with Crippen molar-refractivity contribution in [3.05, 3.63) is 80.6 Å². The molecule has 4 nitrogen and oxygen atoms in total. The fourth-order valence-corrected chi connectivity index (χ4v) is 2.82. The topological polar surface area (TPSA) is 37.6 Å². The molecule has 2 aromatic heterocycles. The maximum atomic E-state index is 13.2. The molecule has 0 saturated carbocycles. The maximum Gasteiger partial charge on any atom is 0.258 e. The summed E-state index contributed by atoms with van der Waals surface area (Å²) in [6, 6.07) is 11.7. The lowest BCUT2D eigenvalue weighted by atomic mass is 10.2. The first kappa shape index (κ1) is 15.8. The van der Waals surface area contributed by atoms with Crippen LogP contribution in [0, 0.1) is 5.82 Å². The van der Waals surface area contributed by atoms with Crippen molar-refractivity contribution in [3.63, 3.8) is 0 Å². The van der Waals surface area contributed by atoms with Crippen molar-refractivity contribution < 1.29 is 4.39 Å². The molecule has 0 atom stereocenters. The summed E-state index contributed by atoms with van der Waals surface area (Å²) in [5.74, 6) is -0.247. The second kappa shape index (κ2) is 6.60. The van der Waals surface area contributed by atoms with Crippen molar-refractivity contribution in [2.45, 2.75) is 13.1 Å². The second-order valence-electron chi connectivity index (χ2n) is 5.46. The fourth-order valence-electron chi connectivity index (χ4n) is 2.49. The predicted octanol–water partition coefficient (Wildman–Crippen LogP) is 3.23. The molecule has 0 bridgehead atoms. The van der Waals surface area contributed by atoms with Gasteiger partial charge in [-0.3, -0.25) is 14.1 Å². The minimum atomic E-state index is -0.247. The molecule has 0 fully saturated rings. The summed E-state index contributed by atoms with van der Waals surface area (Å²) in [6.45, 7) is 1.09. The zero-order chi connectivity index (χ0) is 16.4. The highest BCUT2D eigenvalue weighted by molar-refractivity contribution is 9.10. The zero-order valence-electron chi connectivity index (χ0n) is 12.5. The van der Waals surface area contributed by atoms with Gasteiger partial charge in [-0.25, -0.2) is 9.37 Å². The van der Waals surface area contributed by atoms with Crippen LogP contribution in [0.2, 0.25) is 0 Å². The first-order valence-electron chi connectivity index (χ1n) is 7.12. The summed E-state index contributed by atoms with van der Waals surface area (Å²) < 4.78 is 15.5. The SMILES string of the molecule is CN(Cc1cccc(F)c1)Cc1cc(=O)n2cc(Br)ccc2n1. The third kappa shape index (κ3) is 3.83. The van der Waals surface area contributed by atoms with Crippen molar-refractivity contribution in [3.8, 4) is 0 Å². The maximum absolute atomic E-state index is 13.2. The van der Waals surface area contributed by atoms with Crippen LogP contribution in [0.5, 0.6) is 0 Å². The van der Waals surface area contributed by atoms with E-state index in [9.17, 15) is 9.18 Å². The summed E-state index contributed by atoms with van der Waals surface area (Å²) in [5.41, 5.74) is 2.06. The number of hydrogen-bond donors (Lipinski definition) is 0. The molecule has 0 saturated heterocycles. The molecular formula is C17H15BrFN3O. The van der Waals surface area contributed by atoms with Crippen LogP contribution in [0.1, 0.15) is 11.3 Å². The van der Waals surface area contributed by atoms with Gasteiger partial charge in [0.05, 0.1) is 5.69 Å². The molecule has 3 rings (SSSR count). The monoisotopic (exact) mass is 375 g/mol. The van der Waals surface area contributed by atoms with Gasteiger partial charge in [0.25, 0.3) is 5.56 Å². The van der Waals surface area contributed by atoms with E-state index in [1.54, 1.807) is 18.3 Å². The van der Waals surface area contributed by atoms with Crippen LogP contribution in [-0.2, 0) is 13.1 Å². The van der Waals surface area contributed by atoms with E-state index in [2.05, 4.69) is 20.9 Å². The first-order chi connectivity index (χ1) is 11.0. The van der Waals surface area contributed by atoms with Gasteiger partial charge in [-0.2, -0.15) is 0 Å². The van der Waals surface area contributed by atoms with E-state index in [1.165, 1.54) is 22.6 Å². The fraction of sp³-hybridized carbons (Fsp3) is 0.176. The minimum absolute atomic E-state index is 0.120. The number of fused-ring (bicyclic) bond motifs is 1. The molecule has 0 N–H and O–H groups in total. The molecule has 6 heteroatoms. The molecule has 0 amide bonds. The van der Waals surface area contributed by atoms with E-state index in [-0.39, 0.29) is 11.4 Å². The Bertz CT molecular complexity index is 910. The molecule has 0 aliphatic heterocycles. The quantitative estimate of drug-likeness (QED) is 0.702. The second-order valence-corrected chi connectivity index (χ2v) is 6.38. The summed E-state index contributed by atoms with van der Waals surface area (Å²) in [5, 5.41) is 0. The summed E-state index contributed by atoms with van der Waals surface area (Å²) in [7, 11) is 1.91. The average Bonchev–Trinajstić information content (AvgIpc) is 2.48. The highest BCUT2D eigenvalue weighted by Gasteiger charge is 2.07. The van der Waals surface area contributed by atoms with E-state index < -0.39 is 0 Å². The molecule has 0 unspecified atom stereocenters. The Morgan fingerprint density at radius 2 is 2.04 bits per heavy atom. The molecule has 0 radical (unpaired) electrons. The number of aromatic nitrogens is 2. The summed E-state index contributed by atoms with van der Waals surface area (Å²) in [4.78, 5) is 18.7. The van der Waals surface area contributed by atoms with Gasteiger partial charge < -0.3 is 0 Å². The Balaban J connectivity index is 1.81. The smallest absolute Gasteiger partial charge is 0.258 e. The molecule has 23 heavy (non-hydrogen) atoms. The van der Waals surface area contributed by atoms with Crippen LogP contribution >= 0.6 is 15.9 Å². The third-order valence-corrected chi connectivity index (χ3v) is 3.92. The molecule has 0 aliphatic carbocycles. The van der Waals surface area contributed by atoms with E-state index in [0.29, 0.717) is 24.4 Å². The first-order valence-corrected chi connectivity index (χ1v) is 7.91. The van der Waals surface area contributed by atoms with Crippen LogP contribution in [0.3, 0.4) is 0 Å². The standard InChI is InChI=1S/C17H15BrFN3O/c1-21(9-12-3-2-4-14(19)7-12)11-15-8-17(23)22-10-13(18)5-6-16(22)20-15/h2-8,10H,9,11H2,1H3. The summed E-state index contributed by atoms with van der Waals surface area (Å²) in [6.07, 6.45) is 1.70.